The second kappa shape index (κ2) is 7.10. The Morgan fingerprint density at radius 1 is 1.37 bits per heavy atom. The number of hydrogen-bond acceptors (Lipinski definition) is 3. The van der Waals surface area contributed by atoms with Crippen LogP contribution >= 0.6 is 0 Å². The molecule has 1 unspecified atom stereocenters. The highest BCUT2D eigenvalue weighted by atomic mass is 19.4. The minimum Gasteiger partial charge on any atom is -0.353 e. The summed E-state index contributed by atoms with van der Waals surface area (Å²) in [6.07, 6.45) is -0.323. The van der Waals surface area contributed by atoms with E-state index < -0.39 is 12.0 Å². The highest BCUT2D eigenvalue weighted by molar-refractivity contribution is 5.91. The summed E-state index contributed by atoms with van der Waals surface area (Å²) in [4.78, 5) is 11.2. The number of nitrogens with zero attached hydrogens (tertiary/aromatic N) is 1. The van der Waals surface area contributed by atoms with E-state index >= 15 is 0 Å². The Morgan fingerprint density at radius 2 is 2.00 bits per heavy atom. The normalized spacial score (nSPS) is 13.9. The summed E-state index contributed by atoms with van der Waals surface area (Å²) in [5, 5.41) is 2.83. The number of alkyl halides is 3. The molecular weight excluding hydrogens is 259 g/mol. The molecule has 0 spiro atoms. The van der Waals surface area contributed by atoms with E-state index in [0.29, 0.717) is 12.6 Å². The lowest BCUT2D eigenvalue weighted by Gasteiger charge is -2.16. The van der Waals surface area contributed by atoms with Gasteiger partial charge in [-0.3, -0.25) is 4.79 Å². The summed E-state index contributed by atoms with van der Waals surface area (Å²) in [5.74, 6) is -0.636. The van der Waals surface area contributed by atoms with E-state index in [9.17, 15) is 18.0 Å². The van der Waals surface area contributed by atoms with Gasteiger partial charge in [-0.1, -0.05) is 0 Å². The zero-order valence-electron chi connectivity index (χ0n) is 10.2. The molecule has 0 aliphatic rings. The fraction of sp³-hybridized carbons (Fsp3) is 0.417. The molecule has 0 aliphatic carbocycles. The van der Waals surface area contributed by atoms with E-state index in [1.807, 2.05) is 29.1 Å². The number of ketones is 1. The molecule has 4 nitrogen and oxygen atoms in total. The molecule has 0 aromatic carbocycles. The number of aromatic nitrogens is 1. The summed E-state index contributed by atoms with van der Waals surface area (Å²) in [5.41, 5.74) is 5.53. The quantitative estimate of drug-likeness (QED) is 0.732. The van der Waals surface area contributed by atoms with E-state index in [4.69, 9.17) is 5.73 Å². The van der Waals surface area contributed by atoms with Crippen molar-refractivity contribution in [3.63, 3.8) is 0 Å². The number of nitrogens with one attached hydrogen (secondary N) is 1. The largest absolute Gasteiger partial charge is 0.409 e. The first-order chi connectivity index (χ1) is 8.90. The van der Waals surface area contributed by atoms with E-state index in [1.165, 1.54) is 0 Å². The Morgan fingerprint density at radius 3 is 2.53 bits per heavy atom. The van der Waals surface area contributed by atoms with E-state index in [2.05, 4.69) is 5.32 Å². The molecule has 7 heteroatoms. The van der Waals surface area contributed by atoms with Gasteiger partial charge < -0.3 is 15.6 Å². The highest BCUT2D eigenvalue weighted by Crippen LogP contribution is 2.15. The maximum absolute atomic E-state index is 11.9. The molecule has 3 N–H and O–H groups in total. The number of rotatable bonds is 7. The van der Waals surface area contributed by atoms with Crippen molar-refractivity contribution in [2.24, 2.45) is 5.73 Å². The first-order valence-corrected chi connectivity index (χ1v) is 5.73. The topological polar surface area (TPSA) is 60.0 Å². The fourth-order valence-electron chi connectivity index (χ4n) is 1.46. The number of allylic oxidation sites excluding steroid dienone is 1. The highest BCUT2D eigenvalue weighted by Gasteiger charge is 2.22. The van der Waals surface area contributed by atoms with Crippen molar-refractivity contribution in [1.29, 1.82) is 0 Å². The monoisotopic (exact) mass is 275 g/mol. The molecule has 0 bridgehead atoms. The lowest BCUT2D eigenvalue weighted by Crippen LogP contribution is -2.41. The van der Waals surface area contributed by atoms with Crippen molar-refractivity contribution in [1.82, 2.24) is 9.88 Å². The third-order valence-corrected chi connectivity index (χ3v) is 2.41. The van der Waals surface area contributed by atoms with Gasteiger partial charge in [0.1, 0.15) is 0 Å². The minimum absolute atomic E-state index is 0.0690. The van der Waals surface area contributed by atoms with Crippen LogP contribution < -0.4 is 11.1 Å². The number of nitrogens with two attached hydrogens (primary N) is 1. The third kappa shape index (κ3) is 6.78. The maximum Gasteiger partial charge on any atom is 0.409 e. The molecule has 0 radical (unpaired) electrons. The maximum atomic E-state index is 11.9. The molecule has 0 aliphatic heterocycles. The van der Waals surface area contributed by atoms with Gasteiger partial charge in [0.15, 0.2) is 5.78 Å². The average Bonchev–Trinajstić information content (AvgIpc) is 2.83. The predicted molar refractivity (Wildman–Crippen MR) is 65.5 cm³/mol. The van der Waals surface area contributed by atoms with Crippen LogP contribution in [0.4, 0.5) is 13.2 Å². The lowest BCUT2D eigenvalue weighted by molar-refractivity contribution is -0.114. The Kier molecular flexibility index (Phi) is 5.78. The summed E-state index contributed by atoms with van der Waals surface area (Å²) in [6.45, 7) is 0.671. The predicted octanol–water partition coefficient (Wildman–Crippen LogP) is 1.09. The van der Waals surface area contributed by atoms with Gasteiger partial charge in [-0.2, -0.15) is 13.2 Å². The molecule has 1 rings (SSSR count). The molecule has 1 atom stereocenters. The van der Waals surface area contributed by atoms with Gasteiger partial charge in [-0.15, -0.1) is 0 Å². The van der Waals surface area contributed by atoms with Gasteiger partial charge in [-0.05, 0) is 18.2 Å². The van der Waals surface area contributed by atoms with E-state index in [-0.39, 0.29) is 25.2 Å². The van der Waals surface area contributed by atoms with Crippen molar-refractivity contribution in [2.75, 3.05) is 13.1 Å². The smallest absolute Gasteiger partial charge is 0.353 e. The van der Waals surface area contributed by atoms with E-state index in [1.54, 1.807) is 0 Å². The Labute approximate surface area is 109 Å². The summed E-state index contributed by atoms with van der Waals surface area (Å²) < 4.78 is 37.4. The molecule has 0 saturated heterocycles. The summed E-state index contributed by atoms with van der Waals surface area (Å²) in [7, 11) is 0. The second-order valence-corrected chi connectivity index (χ2v) is 4.03. The number of halogens is 3. The molecule has 1 aromatic rings. The second-order valence-electron chi connectivity index (χ2n) is 4.03. The molecule has 1 heterocycles. The van der Waals surface area contributed by atoms with Crippen molar-refractivity contribution in [3.8, 4) is 0 Å². The first-order valence-electron chi connectivity index (χ1n) is 5.73. The molecule has 106 valence electrons. The first kappa shape index (κ1) is 15.5. The van der Waals surface area contributed by atoms with Gasteiger partial charge in [0.05, 0.1) is 6.54 Å². The minimum atomic E-state index is -4.46. The van der Waals surface area contributed by atoms with Gasteiger partial charge in [0.2, 0.25) is 0 Å². The Bertz CT molecular complexity index is 412. The summed E-state index contributed by atoms with van der Waals surface area (Å²) in [6, 6.07) is 3.53. The Hall–Kier alpha value is -1.60. The lowest BCUT2D eigenvalue weighted by atomic mass is 10.2. The van der Waals surface area contributed by atoms with Gasteiger partial charge >= 0.3 is 6.18 Å². The van der Waals surface area contributed by atoms with E-state index in [0.717, 1.165) is 0 Å². The van der Waals surface area contributed by atoms with Crippen LogP contribution in [0.15, 0.2) is 36.7 Å². The zero-order chi connectivity index (χ0) is 14.3. The van der Waals surface area contributed by atoms with Crippen LogP contribution in [0.25, 0.3) is 0 Å². The van der Waals surface area contributed by atoms with Gasteiger partial charge in [-0.25, -0.2) is 0 Å². The zero-order valence-corrected chi connectivity index (χ0v) is 10.2. The van der Waals surface area contributed by atoms with Crippen molar-refractivity contribution in [2.45, 2.75) is 18.8 Å². The molecule has 0 saturated carbocycles. The van der Waals surface area contributed by atoms with Crippen LogP contribution in [0.2, 0.25) is 0 Å². The summed E-state index contributed by atoms with van der Waals surface area (Å²) >= 11 is 0. The van der Waals surface area contributed by atoms with Crippen LogP contribution in [0.3, 0.4) is 0 Å². The van der Waals surface area contributed by atoms with Crippen LogP contribution in [-0.4, -0.2) is 35.7 Å². The SMILES string of the molecule is NCC(Cn1cccc1)NCC(=O)C=CC(F)(F)F. The molecule has 0 fully saturated rings. The fourth-order valence-corrected chi connectivity index (χ4v) is 1.46. The van der Waals surface area contributed by atoms with Crippen LogP contribution in [-0.2, 0) is 11.3 Å². The molecule has 0 amide bonds. The van der Waals surface area contributed by atoms with Crippen molar-refractivity contribution < 1.29 is 18.0 Å². The third-order valence-electron chi connectivity index (χ3n) is 2.41. The number of hydrogen-bond donors (Lipinski definition) is 2. The molecule has 19 heavy (non-hydrogen) atoms. The molecule has 1 aromatic heterocycles. The Balaban J connectivity index is 2.37. The van der Waals surface area contributed by atoms with Crippen LogP contribution in [0.5, 0.6) is 0 Å². The van der Waals surface area contributed by atoms with Crippen LogP contribution in [0, 0.1) is 0 Å². The standard InChI is InChI=1S/C12H16F3N3O/c13-12(14,15)4-3-11(19)8-17-10(7-16)9-18-5-1-2-6-18/h1-6,10,17H,7-9,16H2. The van der Waals surface area contributed by atoms with Crippen molar-refractivity contribution >= 4 is 5.78 Å². The average molecular weight is 275 g/mol. The number of carbonyl (C=O) groups excluding carboxylic acids is 1. The van der Waals surface area contributed by atoms with Crippen LogP contribution in [0.1, 0.15) is 0 Å². The van der Waals surface area contributed by atoms with Gasteiger partial charge in [0, 0.05) is 37.6 Å². The van der Waals surface area contributed by atoms with Crippen molar-refractivity contribution in [3.05, 3.63) is 36.7 Å². The number of carbonyl (C=O) groups is 1. The van der Waals surface area contributed by atoms with Gasteiger partial charge in [0.25, 0.3) is 0 Å². The molecular formula is C12H16F3N3O.